The summed E-state index contributed by atoms with van der Waals surface area (Å²) in [5.74, 6) is 0.966. The van der Waals surface area contributed by atoms with Crippen LogP contribution in [0.3, 0.4) is 0 Å². The Morgan fingerprint density at radius 1 is 1.12 bits per heavy atom. The van der Waals surface area contributed by atoms with E-state index in [4.69, 9.17) is 9.40 Å². The number of amides is 1. The predicted molar refractivity (Wildman–Crippen MR) is 132 cm³/mol. The highest BCUT2D eigenvalue weighted by Gasteiger charge is 2.26. The number of furan rings is 1. The third-order valence-corrected chi connectivity index (χ3v) is 8.59. The van der Waals surface area contributed by atoms with E-state index in [0.717, 1.165) is 48.0 Å². The number of hydrogen-bond donors (Lipinski definition) is 0. The molecule has 0 spiro atoms. The van der Waals surface area contributed by atoms with E-state index in [0.29, 0.717) is 24.0 Å². The number of rotatable bonds is 5. The molecule has 0 bridgehead atoms. The predicted octanol–water partition coefficient (Wildman–Crippen LogP) is 4.66. The van der Waals surface area contributed by atoms with E-state index >= 15 is 0 Å². The highest BCUT2D eigenvalue weighted by atomic mass is 32.2. The first kappa shape index (κ1) is 20.7. The lowest BCUT2D eigenvalue weighted by atomic mass is 9.97. The van der Waals surface area contributed by atoms with E-state index in [1.807, 2.05) is 35.2 Å². The summed E-state index contributed by atoms with van der Waals surface area (Å²) in [5, 5.41) is 1.33. The zero-order chi connectivity index (χ0) is 22.4. The SMILES string of the molecule is O=C(CSc1nc2sc3c(c2c(=O)n1Cc1ccco1)CCCC3)N1CCc2ccccc21. The molecular weight excluding hydrogens is 454 g/mol. The van der Waals surface area contributed by atoms with Gasteiger partial charge in [0.25, 0.3) is 5.56 Å². The van der Waals surface area contributed by atoms with E-state index in [9.17, 15) is 9.59 Å². The largest absolute Gasteiger partial charge is 0.467 e. The minimum Gasteiger partial charge on any atom is -0.467 e. The first-order valence-electron chi connectivity index (χ1n) is 11.3. The molecule has 1 aromatic carbocycles. The van der Waals surface area contributed by atoms with Gasteiger partial charge in [-0.25, -0.2) is 4.98 Å². The van der Waals surface area contributed by atoms with Gasteiger partial charge in [0.1, 0.15) is 10.6 Å². The summed E-state index contributed by atoms with van der Waals surface area (Å²) in [5.41, 5.74) is 3.34. The van der Waals surface area contributed by atoms with Crippen molar-refractivity contribution in [2.45, 2.75) is 43.8 Å². The summed E-state index contributed by atoms with van der Waals surface area (Å²) in [7, 11) is 0. The van der Waals surface area contributed by atoms with Crippen LogP contribution in [0, 0.1) is 0 Å². The molecule has 33 heavy (non-hydrogen) atoms. The van der Waals surface area contributed by atoms with Gasteiger partial charge < -0.3 is 9.32 Å². The smallest absolute Gasteiger partial charge is 0.263 e. The number of thiophene rings is 1. The fraction of sp³-hybridized carbons (Fsp3) is 0.320. The Bertz CT molecular complexity index is 1400. The van der Waals surface area contributed by atoms with Crippen LogP contribution in [0.15, 0.2) is 57.0 Å². The van der Waals surface area contributed by atoms with Gasteiger partial charge >= 0.3 is 0 Å². The molecule has 1 aliphatic carbocycles. The van der Waals surface area contributed by atoms with Crippen LogP contribution in [-0.4, -0.2) is 27.8 Å². The second kappa shape index (κ2) is 8.50. The Morgan fingerprint density at radius 2 is 2.00 bits per heavy atom. The molecule has 0 radical (unpaired) electrons. The molecule has 8 heteroatoms. The number of aromatic nitrogens is 2. The van der Waals surface area contributed by atoms with E-state index in [1.165, 1.54) is 27.8 Å². The normalized spacial score (nSPS) is 15.1. The van der Waals surface area contributed by atoms with Gasteiger partial charge in [-0.15, -0.1) is 11.3 Å². The number of anilines is 1. The first-order valence-corrected chi connectivity index (χ1v) is 13.1. The van der Waals surface area contributed by atoms with Crippen LogP contribution in [0.4, 0.5) is 5.69 Å². The number of para-hydroxylation sites is 1. The Balaban J connectivity index is 1.35. The van der Waals surface area contributed by atoms with Gasteiger partial charge in [-0.1, -0.05) is 30.0 Å². The number of nitrogens with zero attached hydrogens (tertiary/aromatic N) is 3. The number of benzene rings is 1. The van der Waals surface area contributed by atoms with E-state index in [2.05, 4.69) is 6.07 Å². The van der Waals surface area contributed by atoms with Gasteiger partial charge in [0, 0.05) is 17.1 Å². The number of aryl methyl sites for hydroxylation is 2. The van der Waals surface area contributed by atoms with Gasteiger partial charge in [-0.05, 0) is 61.4 Å². The second-order valence-corrected chi connectivity index (χ2v) is 10.5. The van der Waals surface area contributed by atoms with Crippen molar-refractivity contribution in [3.63, 3.8) is 0 Å². The molecule has 2 aliphatic rings. The van der Waals surface area contributed by atoms with Crippen LogP contribution in [-0.2, 0) is 30.6 Å². The molecule has 0 atom stereocenters. The quantitative estimate of drug-likeness (QED) is 0.309. The zero-order valence-corrected chi connectivity index (χ0v) is 19.7. The Morgan fingerprint density at radius 3 is 2.88 bits per heavy atom. The van der Waals surface area contributed by atoms with Crippen molar-refractivity contribution < 1.29 is 9.21 Å². The van der Waals surface area contributed by atoms with Crippen molar-refractivity contribution in [1.29, 1.82) is 0 Å². The number of fused-ring (bicyclic) bond motifs is 4. The van der Waals surface area contributed by atoms with Crippen LogP contribution >= 0.6 is 23.1 Å². The van der Waals surface area contributed by atoms with Crippen LogP contribution in [0.2, 0.25) is 0 Å². The maximum Gasteiger partial charge on any atom is 0.263 e. The number of carbonyl (C=O) groups is 1. The summed E-state index contributed by atoms with van der Waals surface area (Å²) in [6, 6.07) is 11.7. The summed E-state index contributed by atoms with van der Waals surface area (Å²) < 4.78 is 7.21. The third-order valence-electron chi connectivity index (χ3n) is 6.45. The minimum absolute atomic E-state index is 0.0303. The maximum absolute atomic E-state index is 13.7. The highest BCUT2D eigenvalue weighted by Crippen LogP contribution is 2.35. The molecule has 6 rings (SSSR count). The van der Waals surface area contributed by atoms with Crippen LogP contribution in [0.25, 0.3) is 10.2 Å². The average Bonchev–Trinajstić information content (AvgIpc) is 3.57. The molecule has 6 nitrogen and oxygen atoms in total. The third kappa shape index (κ3) is 3.71. The lowest BCUT2D eigenvalue weighted by Crippen LogP contribution is -2.31. The van der Waals surface area contributed by atoms with Crippen molar-refractivity contribution in [3.8, 4) is 0 Å². The minimum atomic E-state index is -0.0303. The van der Waals surface area contributed by atoms with E-state index < -0.39 is 0 Å². The Labute approximate surface area is 199 Å². The summed E-state index contributed by atoms with van der Waals surface area (Å²) >= 11 is 2.98. The Hall–Kier alpha value is -2.84. The van der Waals surface area contributed by atoms with Crippen molar-refractivity contribution in [2.24, 2.45) is 0 Å². The second-order valence-electron chi connectivity index (χ2n) is 8.47. The molecule has 0 saturated heterocycles. The topological polar surface area (TPSA) is 68.3 Å². The molecule has 0 unspecified atom stereocenters. The van der Waals surface area contributed by atoms with Crippen LogP contribution in [0.5, 0.6) is 0 Å². The summed E-state index contributed by atoms with van der Waals surface area (Å²) in [6.07, 6.45) is 6.71. The molecular formula is C25H23N3O3S2. The molecule has 0 N–H and O–H groups in total. The summed E-state index contributed by atoms with van der Waals surface area (Å²) in [6.45, 7) is 1.00. The lowest BCUT2D eigenvalue weighted by Gasteiger charge is -2.17. The standard InChI is InChI=1S/C25H23N3O3S2/c29-21(27-12-11-16-6-1-3-9-19(16)27)15-32-25-26-23-22(18-8-2-4-10-20(18)33-23)24(30)28(25)14-17-7-5-13-31-17/h1,3,5-7,9,13H,2,4,8,10-12,14-15H2. The maximum atomic E-state index is 13.7. The fourth-order valence-electron chi connectivity index (χ4n) is 4.83. The van der Waals surface area contributed by atoms with E-state index in [-0.39, 0.29) is 17.2 Å². The molecule has 1 aliphatic heterocycles. The molecule has 3 aromatic heterocycles. The molecule has 0 fully saturated rings. The molecule has 4 aromatic rings. The van der Waals surface area contributed by atoms with Crippen molar-refractivity contribution in [1.82, 2.24) is 9.55 Å². The molecule has 0 saturated carbocycles. The number of carbonyl (C=O) groups excluding carboxylic acids is 1. The monoisotopic (exact) mass is 477 g/mol. The van der Waals surface area contributed by atoms with Crippen molar-refractivity contribution >= 4 is 44.9 Å². The van der Waals surface area contributed by atoms with Gasteiger partial charge in [0.05, 0.1) is 23.9 Å². The van der Waals surface area contributed by atoms with Crippen molar-refractivity contribution in [3.05, 3.63) is 74.8 Å². The van der Waals surface area contributed by atoms with Crippen LogP contribution < -0.4 is 10.5 Å². The molecule has 1 amide bonds. The molecule has 168 valence electrons. The molecule has 4 heterocycles. The fourth-order valence-corrected chi connectivity index (χ4v) is 7.01. The van der Waals surface area contributed by atoms with Crippen LogP contribution in [0.1, 0.15) is 34.6 Å². The van der Waals surface area contributed by atoms with Gasteiger partial charge in [0.15, 0.2) is 5.16 Å². The first-order chi connectivity index (χ1) is 16.2. The number of thioether (sulfide) groups is 1. The zero-order valence-electron chi connectivity index (χ0n) is 18.1. The number of hydrogen-bond acceptors (Lipinski definition) is 6. The average molecular weight is 478 g/mol. The lowest BCUT2D eigenvalue weighted by molar-refractivity contribution is -0.116. The van der Waals surface area contributed by atoms with Gasteiger partial charge in [-0.2, -0.15) is 0 Å². The van der Waals surface area contributed by atoms with Gasteiger partial charge in [0.2, 0.25) is 5.91 Å². The summed E-state index contributed by atoms with van der Waals surface area (Å²) in [4.78, 5) is 35.6. The highest BCUT2D eigenvalue weighted by molar-refractivity contribution is 7.99. The van der Waals surface area contributed by atoms with E-state index in [1.54, 1.807) is 22.2 Å². The Kier molecular flexibility index (Phi) is 5.34. The van der Waals surface area contributed by atoms with Crippen molar-refractivity contribution in [2.75, 3.05) is 17.2 Å². The van der Waals surface area contributed by atoms with Gasteiger partial charge in [-0.3, -0.25) is 14.2 Å².